The van der Waals surface area contributed by atoms with Gasteiger partial charge in [0, 0.05) is 41.0 Å². The van der Waals surface area contributed by atoms with Gasteiger partial charge in [-0.15, -0.1) is 6.61 Å². The first-order valence-corrected chi connectivity index (χ1v) is 14.8. The third kappa shape index (κ3) is 17.7. The van der Waals surface area contributed by atoms with Crippen molar-refractivity contribution in [1.29, 1.82) is 0 Å². The Balaban J connectivity index is -0.000000735. The smallest absolute Gasteiger partial charge is 0.854 e. The number of aliphatic hydroxyl groups is 6. The molecule has 11 heteroatoms. The first-order valence-electron chi connectivity index (χ1n) is 14.8. The van der Waals surface area contributed by atoms with Crippen LogP contribution in [0, 0.1) is 0 Å². The van der Waals surface area contributed by atoms with Crippen molar-refractivity contribution in [3.8, 4) is 0 Å². The molecule has 46 heavy (non-hydrogen) atoms. The van der Waals surface area contributed by atoms with E-state index in [1.54, 1.807) is 0 Å². The largest absolute Gasteiger partial charge is 2.00 e. The molecule has 0 saturated carbocycles. The van der Waals surface area contributed by atoms with Crippen LogP contribution < -0.4 is 37.6 Å². The van der Waals surface area contributed by atoms with E-state index in [4.69, 9.17) is 30.6 Å². The van der Waals surface area contributed by atoms with Gasteiger partial charge in [0.25, 0.3) is 0 Å². The van der Waals surface area contributed by atoms with Crippen molar-refractivity contribution in [1.82, 2.24) is 10.6 Å². The van der Waals surface area contributed by atoms with Gasteiger partial charge < -0.3 is 46.4 Å². The molecule has 0 amide bonds. The predicted octanol–water partition coefficient (Wildman–Crippen LogP) is -1.62. The molecule has 4 rings (SSSR count). The molecular weight excluding hydrogens is 630 g/mol. The summed E-state index contributed by atoms with van der Waals surface area (Å²) in [5.74, 6) is 0. The average Bonchev–Trinajstić information content (AvgIpc) is 3.14. The van der Waals surface area contributed by atoms with E-state index >= 15 is 0 Å². The van der Waals surface area contributed by atoms with Crippen LogP contribution in [-0.2, 0) is 16.5 Å². The quantitative estimate of drug-likeness (QED) is 0.0647. The number of benzene rings is 4. The zero-order chi connectivity index (χ0) is 34.0. The fraction of sp³-hybridized carbons (Fsp3) is 0.314. The maximum atomic E-state index is 9.66. The van der Waals surface area contributed by atoms with E-state index in [1.165, 1.54) is 21.9 Å². The number of hydrogen-bond donors (Lipinski definition) is 8. The second kappa shape index (κ2) is 34.9. The maximum Gasteiger partial charge on any atom is 2.00 e. The third-order valence-corrected chi connectivity index (χ3v) is 6.34. The molecule has 258 valence electrons. The Labute approximate surface area is 285 Å². The van der Waals surface area contributed by atoms with Gasteiger partial charge in [-0.3, -0.25) is 0 Å². The minimum absolute atomic E-state index is 0. The molecule has 8 N–H and O–H groups in total. The Morgan fingerprint density at radius 2 is 0.652 bits per heavy atom. The van der Waals surface area contributed by atoms with Crippen LogP contribution in [0.2, 0.25) is 0 Å². The van der Waals surface area contributed by atoms with Crippen LogP contribution in [-0.4, -0.2) is 111 Å². The summed E-state index contributed by atoms with van der Waals surface area (Å²) < 4.78 is 0. The molecule has 0 spiro atoms. The fourth-order valence-electron chi connectivity index (χ4n) is 4.68. The molecule has 9 nitrogen and oxygen atoms in total. The molecule has 0 aliphatic carbocycles. The number of hydrogen-bond acceptors (Lipinski definition) is 9. The van der Waals surface area contributed by atoms with E-state index in [2.05, 4.69) is 132 Å². The van der Waals surface area contributed by atoms with Crippen molar-refractivity contribution < 1.29 is 52.2 Å². The minimum Gasteiger partial charge on any atom is -0.854 e. The summed E-state index contributed by atoms with van der Waals surface area (Å²) in [5.41, 5.74) is 5.36. The second-order valence-corrected chi connectivity index (χ2v) is 8.88. The summed E-state index contributed by atoms with van der Waals surface area (Å²) in [6.07, 6.45) is -1.22. The van der Waals surface area contributed by atoms with Gasteiger partial charge in [-0.2, -0.15) is 21.9 Å². The van der Waals surface area contributed by atoms with Crippen LogP contribution in [0.25, 0.3) is 0 Å². The van der Waals surface area contributed by atoms with Gasteiger partial charge in [-0.25, -0.2) is 0 Å². The number of nitrogens with one attached hydrogen (secondary N) is 2. The Bertz CT molecular complexity index is 939. The van der Waals surface area contributed by atoms with E-state index < -0.39 is 6.15 Å². The van der Waals surface area contributed by atoms with Gasteiger partial charge >= 0.3 is 16.5 Å². The molecular formula is C35H53BN2NiO7. The van der Waals surface area contributed by atoms with Gasteiger partial charge in [0.2, 0.25) is 0 Å². The predicted molar refractivity (Wildman–Crippen MR) is 186 cm³/mol. The molecule has 0 radical (unpaired) electrons. The maximum absolute atomic E-state index is 9.66. The summed E-state index contributed by atoms with van der Waals surface area (Å²) in [7, 11) is 3.00. The molecule has 0 unspecified atom stereocenters. The van der Waals surface area contributed by atoms with Crippen LogP contribution in [0.5, 0.6) is 0 Å². The van der Waals surface area contributed by atoms with Crippen molar-refractivity contribution in [3.05, 3.63) is 121 Å². The summed E-state index contributed by atoms with van der Waals surface area (Å²) in [5, 5.41) is 60.6. The minimum atomic E-state index is -1.22. The standard InChI is InChI=1S/C24H20B.C4H11NO2.C4H10NO2.3CH4O.Ni/c1-5-13-21(14-6-1)25(22-15-7-2-8-16-22,23-17-9-3-10-18-23)24-19-11-4-12-20-24;2*6-3-1-5-2-4-7;3*1-2;/h1-20H;5-7H,1-4H2;5-6H,1-4H2;3*2H,1H3;/q-1;;-1;;;;+2. The zero-order valence-electron chi connectivity index (χ0n) is 27.2. The molecule has 0 atom stereocenters. The number of rotatable bonds is 12. The van der Waals surface area contributed by atoms with Crippen molar-refractivity contribution in [2.45, 2.75) is 0 Å². The molecule has 0 aliphatic heterocycles. The molecule has 0 fully saturated rings. The van der Waals surface area contributed by atoms with Gasteiger partial charge in [-0.1, -0.05) is 121 Å². The zero-order valence-corrected chi connectivity index (χ0v) is 28.2. The molecule has 0 heterocycles. The van der Waals surface area contributed by atoms with Gasteiger partial charge in [-0.05, 0) is 6.54 Å². The van der Waals surface area contributed by atoms with Crippen LogP contribution in [0.1, 0.15) is 0 Å². The van der Waals surface area contributed by atoms with Crippen molar-refractivity contribution >= 4 is 28.0 Å². The third-order valence-electron chi connectivity index (χ3n) is 6.34. The van der Waals surface area contributed by atoms with Crippen molar-refractivity contribution in [2.24, 2.45) is 0 Å². The Hall–Kier alpha value is -2.92. The molecule has 4 aromatic rings. The summed E-state index contributed by atoms with van der Waals surface area (Å²) in [4.78, 5) is 0. The van der Waals surface area contributed by atoms with Gasteiger partial charge in [0.05, 0.1) is 19.8 Å². The molecule has 0 aliphatic rings. The van der Waals surface area contributed by atoms with E-state index in [-0.39, 0.29) is 42.9 Å². The molecule has 0 aromatic heterocycles. The normalized spacial score (nSPS) is 9.35. The number of aliphatic hydroxyl groups excluding tert-OH is 6. The van der Waals surface area contributed by atoms with Crippen LogP contribution in [0.3, 0.4) is 0 Å². The van der Waals surface area contributed by atoms with Crippen molar-refractivity contribution in [3.63, 3.8) is 0 Å². The SMILES string of the molecule is CO.CO.CO.OCCNCCO.[Ni+2].[O-]CCNCCO.c1ccc([B-](c2ccccc2)(c2ccccc2)c2ccccc2)cc1. The monoisotopic (exact) mass is 682 g/mol. The summed E-state index contributed by atoms with van der Waals surface area (Å²) >= 11 is 0. The van der Waals surface area contributed by atoms with Crippen LogP contribution in [0.15, 0.2) is 121 Å². The van der Waals surface area contributed by atoms with Gasteiger partial charge in [0.1, 0.15) is 6.15 Å². The summed E-state index contributed by atoms with van der Waals surface area (Å²) in [6.45, 7) is 2.41. The van der Waals surface area contributed by atoms with Crippen LogP contribution in [0.4, 0.5) is 0 Å². The molecule has 0 bridgehead atoms. The molecule has 4 aromatic carbocycles. The van der Waals surface area contributed by atoms with Gasteiger partial charge in [0.15, 0.2) is 0 Å². The topological polar surface area (TPSA) is 168 Å². The average molecular weight is 683 g/mol. The van der Waals surface area contributed by atoms with Crippen LogP contribution >= 0.6 is 0 Å². The van der Waals surface area contributed by atoms with Crippen molar-refractivity contribution in [2.75, 3.05) is 73.9 Å². The van der Waals surface area contributed by atoms with E-state index in [9.17, 15) is 5.11 Å². The second-order valence-electron chi connectivity index (χ2n) is 8.88. The fourth-order valence-corrected chi connectivity index (χ4v) is 4.68. The first-order chi connectivity index (χ1) is 22.2. The Kier molecular flexibility index (Phi) is 36.1. The van der Waals surface area contributed by atoms with E-state index in [0.717, 1.165) is 21.3 Å². The van der Waals surface area contributed by atoms with E-state index in [1.807, 2.05) is 0 Å². The summed E-state index contributed by atoms with van der Waals surface area (Å²) in [6, 6.07) is 43.5. The first kappa shape index (κ1) is 47.5. The van der Waals surface area contributed by atoms with E-state index in [0.29, 0.717) is 26.2 Å². The Morgan fingerprint density at radius 3 is 0.848 bits per heavy atom. The molecule has 0 saturated heterocycles. The Morgan fingerprint density at radius 1 is 0.435 bits per heavy atom.